The lowest BCUT2D eigenvalue weighted by molar-refractivity contribution is 0.297. The fourth-order valence-electron chi connectivity index (χ4n) is 2.86. The minimum absolute atomic E-state index is 0.260. The molecule has 0 aromatic heterocycles. The predicted molar refractivity (Wildman–Crippen MR) is 79.1 cm³/mol. The fraction of sp³-hybridized carbons (Fsp3) is 0.562. The third kappa shape index (κ3) is 3.49. The second-order valence-electron chi connectivity index (χ2n) is 5.62. The second-order valence-corrected chi connectivity index (χ2v) is 5.62. The zero-order valence-electron chi connectivity index (χ0n) is 12.2. The number of nitrogens with zero attached hydrogens (tertiary/aromatic N) is 2. The molecule has 1 aromatic rings. The van der Waals surface area contributed by atoms with Crippen molar-refractivity contribution in [2.75, 3.05) is 25.0 Å². The molecular formula is C16H22FN3. The number of nitriles is 1. The van der Waals surface area contributed by atoms with E-state index in [9.17, 15) is 9.65 Å². The molecule has 1 fully saturated rings. The summed E-state index contributed by atoms with van der Waals surface area (Å²) in [4.78, 5) is 2.36. The van der Waals surface area contributed by atoms with E-state index in [-0.39, 0.29) is 5.82 Å². The Labute approximate surface area is 120 Å². The monoisotopic (exact) mass is 275 g/mol. The molecule has 108 valence electrons. The average molecular weight is 275 g/mol. The van der Waals surface area contributed by atoms with Gasteiger partial charge in [0.25, 0.3) is 0 Å². The van der Waals surface area contributed by atoms with Gasteiger partial charge in [-0.2, -0.15) is 5.26 Å². The Kier molecular flexibility index (Phi) is 4.61. The molecule has 1 aliphatic heterocycles. The van der Waals surface area contributed by atoms with Crippen LogP contribution in [0.3, 0.4) is 0 Å². The van der Waals surface area contributed by atoms with Crippen molar-refractivity contribution in [1.82, 2.24) is 4.90 Å². The molecule has 1 aromatic carbocycles. The molecule has 0 bridgehead atoms. The summed E-state index contributed by atoms with van der Waals surface area (Å²) in [5, 5.41) is 12.9. The van der Waals surface area contributed by atoms with E-state index in [2.05, 4.69) is 23.2 Å². The van der Waals surface area contributed by atoms with Crippen molar-refractivity contribution in [2.45, 2.75) is 38.6 Å². The first-order valence-corrected chi connectivity index (χ1v) is 7.26. The number of aryl methyl sites for hydroxylation is 1. The molecular weight excluding hydrogens is 253 g/mol. The van der Waals surface area contributed by atoms with Gasteiger partial charge in [0.15, 0.2) is 0 Å². The van der Waals surface area contributed by atoms with Crippen molar-refractivity contribution in [2.24, 2.45) is 0 Å². The lowest BCUT2D eigenvalue weighted by atomic mass is 9.91. The highest BCUT2D eigenvalue weighted by molar-refractivity contribution is 5.50. The Bertz CT molecular complexity index is 489. The lowest BCUT2D eigenvalue weighted by Crippen LogP contribution is -2.38. The zero-order valence-corrected chi connectivity index (χ0v) is 12.2. The van der Waals surface area contributed by atoms with E-state index in [1.165, 1.54) is 12.1 Å². The third-order valence-electron chi connectivity index (χ3n) is 4.02. The average Bonchev–Trinajstić information content (AvgIpc) is 2.60. The number of hydrogen-bond acceptors (Lipinski definition) is 3. The van der Waals surface area contributed by atoms with Crippen LogP contribution in [0.1, 0.15) is 31.7 Å². The number of likely N-dealkylation sites (tertiary alicyclic amines) is 1. The third-order valence-corrected chi connectivity index (χ3v) is 4.02. The molecule has 2 rings (SSSR count). The van der Waals surface area contributed by atoms with Gasteiger partial charge >= 0.3 is 0 Å². The zero-order chi connectivity index (χ0) is 14.6. The van der Waals surface area contributed by atoms with Gasteiger partial charge in [-0.05, 0) is 63.0 Å². The molecule has 0 aliphatic carbocycles. The van der Waals surface area contributed by atoms with Gasteiger partial charge in [0, 0.05) is 12.2 Å². The Balaban J connectivity index is 2.17. The summed E-state index contributed by atoms with van der Waals surface area (Å²) in [6, 6.07) is 7.29. The molecule has 20 heavy (non-hydrogen) atoms. The summed E-state index contributed by atoms with van der Waals surface area (Å²) in [7, 11) is 0. The molecule has 1 atom stereocenters. The van der Waals surface area contributed by atoms with Crippen LogP contribution in [-0.4, -0.2) is 30.1 Å². The SMILES string of the molecule is CCN1CCCC(C#N)(Nc2cc(C)cc(F)c2)CC1. The second kappa shape index (κ2) is 6.23. The van der Waals surface area contributed by atoms with E-state index in [1.807, 2.05) is 13.0 Å². The summed E-state index contributed by atoms with van der Waals surface area (Å²) >= 11 is 0. The summed E-state index contributed by atoms with van der Waals surface area (Å²) in [5.74, 6) is -0.260. The van der Waals surface area contributed by atoms with Crippen LogP contribution < -0.4 is 5.32 Å². The number of anilines is 1. The molecule has 0 spiro atoms. The van der Waals surface area contributed by atoms with Crippen LogP contribution in [0.5, 0.6) is 0 Å². The first kappa shape index (κ1) is 14.8. The van der Waals surface area contributed by atoms with Crippen LogP contribution in [0, 0.1) is 24.1 Å². The van der Waals surface area contributed by atoms with Crippen molar-refractivity contribution < 1.29 is 4.39 Å². The van der Waals surface area contributed by atoms with Gasteiger partial charge in [0.05, 0.1) is 6.07 Å². The number of nitrogens with one attached hydrogen (secondary N) is 1. The summed E-state index contributed by atoms with van der Waals surface area (Å²) in [6.07, 6.45) is 2.56. The predicted octanol–water partition coefficient (Wildman–Crippen LogP) is 3.31. The van der Waals surface area contributed by atoms with E-state index in [1.54, 1.807) is 0 Å². The molecule has 1 saturated heterocycles. The Morgan fingerprint density at radius 2 is 2.15 bits per heavy atom. The number of benzene rings is 1. The van der Waals surface area contributed by atoms with Crippen LogP contribution in [0.4, 0.5) is 10.1 Å². The topological polar surface area (TPSA) is 39.1 Å². The summed E-state index contributed by atoms with van der Waals surface area (Å²) in [6.45, 7) is 6.96. The molecule has 1 aliphatic rings. The lowest BCUT2D eigenvalue weighted by Gasteiger charge is -2.28. The quantitative estimate of drug-likeness (QED) is 0.919. The molecule has 4 heteroatoms. The maximum Gasteiger partial charge on any atom is 0.126 e. The number of halogens is 1. The maximum atomic E-state index is 13.5. The molecule has 0 saturated carbocycles. The van der Waals surface area contributed by atoms with Gasteiger partial charge in [-0.3, -0.25) is 0 Å². The molecule has 1 N–H and O–H groups in total. The highest BCUT2D eigenvalue weighted by Crippen LogP contribution is 2.27. The van der Waals surface area contributed by atoms with Crippen LogP contribution in [0.15, 0.2) is 18.2 Å². The highest BCUT2D eigenvalue weighted by Gasteiger charge is 2.32. The van der Waals surface area contributed by atoms with Crippen molar-refractivity contribution in [3.8, 4) is 6.07 Å². The molecule has 0 radical (unpaired) electrons. The van der Waals surface area contributed by atoms with Crippen LogP contribution in [-0.2, 0) is 0 Å². The van der Waals surface area contributed by atoms with Crippen LogP contribution in [0.2, 0.25) is 0 Å². The Morgan fingerprint density at radius 1 is 1.35 bits per heavy atom. The van der Waals surface area contributed by atoms with Gasteiger partial charge in [0.1, 0.15) is 11.4 Å². The van der Waals surface area contributed by atoms with E-state index >= 15 is 0 Å². The molecule has 0 amide bonds. The molecule has 3 nitrogen and oxygen atoms in total. The van der Waals surface area contributed by atoms with Crippen molar-refractivity contribution in [1.29, 1.82) is 5.26 Å². The van der Waals surface area contributed by atoms with Crippen molar-refractivity contribution in [3.05, 3.63) is 29.6 Å². The maximum absolute atomic E-state index is 13.5. The fourth-order valence-corrected chi connectivity index (χ4v) is 2.86. The van der Waals surface area contributed by atoms with Gasteiger partial charge < -0.3 is 10.2 Å². The smallest absolute Gasteiger partial charge is 0.126 e. The normalized spacial score (nSPS) is 23.9. The van der Waals surface area contributed by atoms with Crippen molar-refractivity contribution >= 4 is 5.69 Å². The van der Waals surface area contributed by atoms with Gasteiger partial charge in [-0.25, -0.2) is 4.39 Å². The standard InChI is InChI=1S/C16H22FN3/c1-3-20-7-4-5-16(12-18,6-8-20)19-15-10-13(2)9-14(17)11-15/h9-11,19H,3-8H2,1-2H3. The van der Waals surface area contributed by atoms with E-state index in [4.69, 9.17) is 0 Å². The molecule has 1 heterocycles. The summed E-state index contributed by atoms with van der Waals surface area (Å²) in [5.41, 5.74) is 0.989. The van der Waals surface area contributed by atoms with Crippen LogP contribution >= 0.6 is 0 Å². The van der Waals surface area contributed by atoms with Gasteiger partial charge in [0.2, 0.25) is 0 Å². The first-order valence-electron chi connectivity index (χ1n) is 7.26. The van der Waals surface area contributed by atoms with Crippen LogP contribution in [0.25, 0.3) is 0 Å². The molecule has 1 unspecified atom stereocenters. The van der Waals surface area contributed by atoms with E-state index < -0.39 is 5.54 Å². The Hall–Kier alpha value is -1.60. The van der Waals surface area contributed by atoms with Gasteiger partial charge in [-0.15, -0.1) is 0 Å². The number of hydrogen-bond donors (Lipinski definition) is 1. The minimum Gasteiger partial charge on any atom is -0.367 e. The highest BCUT2D eigenvalue weighted by atomic mass is 19.1. The number of rotatable bonds is 3. The van der Waals surface area contributed by atoms with Crippen molar-refractivity contribution in [3.63, 3.8) is 0 Å². The van der Waals surface area contributed by atoms with E-state index in [0.717, 1.165) is 44.5 Å². The largest absolute Gasteiger partial charge is 0.367 e. The summed E-state index contributed by atoms with van der Waals surface area (Å²) < 4.78 is 13.5. The van der Waals surface area contributed by atoms with E-state index in [0.29, 0.717) is 5.69 Å². The van der Waals surface area contributed by atoms with Gasteiger partial charge in [-0.1, -0.05) is 6.92 Å². The Morgan fingerprint density at radius 3 is 2.80 bits per heavy atom. The minimum atomic E-state index is -0.579. The first-order chi connectivity index (χ1) is 9.57.